The van der Waals surface area contributed by atoms with Crippen LogP contribution < -0.4 is 16.2 Å². The van der Waals surface area contributed by atoms with Crippen LogP contribution in [0.15, 0.2) is 18.2 Å². The SMILES string of the molecule is COc1cc(N)ccc1N.CS(C)=O. The van der Waals surface area contributed by atoms with Gasteiger partial charge in [-0.25, -0.2) is 0 Å². The first-order valence-electron chi connectivity index (χ1n) is 3.91. The lowest BCUT2D eigenvalue weighted by Gasteiger charge is -2.03. The van der Waals surface area contributed by atoms with Gasteiger partial charge in [0.25, 0.3) is 0 Å². The predicted molar refractivity (Wildman–Crippen MR) is 61.8 cm³/mol. The highest BCUT2D eigenvalue weighted by atomic mass is 32.2. The van der Waals surface area contributed by atoms with E-state index in [1.807, 2.05) is 0 Å². The van der Waals surface area contributed by atoms with Crippen LogP contribution in [-0.2, 0) is 10.8 Å². The molecular weight excluding hydrogens is 200 g/mol. The molecule has 0 aromatic heterocycles. The molecule has 1 aromatic carbocycles. The molecule has 0 saturated heterocycles. The maximum atomic E-state index is 9.56. The quantitative estimate of drug-likeness (QED) is 0.682. The third kappa shape index (κ3) is 5.42. The second-order valence-corrected chi connectivity index (χ2v) is 4.23. The van der Waals surface area contributed by atoms with E-state index in [-0.39, 0.29) is 0 Å². The summed E-state index contributed by atoms with van der Waals surface area (Å²) in [5.74, 6) is 0.625. The molecule has 0 aliphatic heterocycles. The fraction of sp³-hybridized carbons (Fsp3) is 0.333. The van der Waals surface area contributed by atoms with Crippen molar-refractivity contribution in [2.45, 2.75) is 0 Å². The van der Waals surface area contributed by atoms with Gasteiger partial charge in [0.15, 0.2) is 0 Å². The Balaban J connectivity index is 0.000000364. The molecule has 0 bridgehead atoms. The molecule has 4 nitrogen and oxygen atoms in total. The molecule has 0 saturated carbocycles. The Morgan fingerprint density at radius 1 is 1.29 bits per heavy atom. The Hall–Kier alpha value is -1.23. The van der Waals surface area contributed by atoms with Gasteiger partial charge in [-0.05, 0) is 12.1 Å². The van der Waals surface area contributed by atoms with Gasteiger partial charge in [-0.15, -0.1) is 0 Å². The van der Waals surface area contributed by atoms with E-state index in [2.05, 4.69) is 0 Å². The third-order valence-corrected chi connectivity index (χ3v) is 1.26. The molecule has 0 spiro atoms. The lowest BCUT2D eigenvalue weighted by molar-refractivity contribution is 0.417. The standard InChI is InChI=1S/C7H10N2O.C2H6OS/c1-10-7-4-5(8)2-3-6(7)9;1-4(2)3/h2-4H,8-9H2,1H3;1-2H3. The summed E-state index contributed by atoms with van der Waals surface area (Å²) in [5, 5.41) is 0. The predicted octanol–water partition coefficient (Wildman–Crippen LogP) is 0.854. The fourth-order valence-corrected chi connectivity index (χ4v) is 0.728. The number of rotatable bonds is 1. The molecule has 0 atom stereocenters. The number of anilines is 2. The highest BCUT2D eigenvalue weighted by Gasteiger charge is 1.96. The maximum Gasteiger partial charge on any atom is 0.143 e. The van der Waals surface area contributed by atoms with Crippen LogP contribution in [-0.4, -0.2) is 23.8 Å². The van der Waals surface area contributed by atoms with E-state index in [1.54, 1.807) is 37.8 Å². The first-order chi connectivity index (χ1) is 6.47. The van der Waals surface area contributed by atoms with E-state index < -0.39 is 10.8 Å². The van der Waals surface area contributed by atoms with Crippen molar-refractivity contribution in [3.63, 3.8) is 0 Å². The van der Waals surface area contributed by atoms with Crippen molar-refractivity contribution in [1.82, 2.24) is 0 Å². The molecule has 14 heavy (non-hydrogen) atoms. The van der Waals surface area contributed by atoms with Crippen LogP contribution >= 0.6 is 0 Å². The first-order valence-corrected chi connectivity index (χ1v) is 5.88. The fourth-order valence-electron chi connectivity index (χ4n) is 0.728. The van der Waals surface area contributed by atoms with Crippen molar-refractivity contribution in [2.24, 2.45) is 0 Å². The molecule has 0 fully saturated rings. The summed E-state index contributed by atoms with van der Waals surface area (Å²) in [6.07, 6.45) is 3.28. The second-order valence-electron chi connectivity index (χ2n) is 2.74. The van der Waals surface area contributed by atoms with Crippen LogP contribution in [0, 0.1) is 0 Å². The number of hydrogen-bond donors (Lipinski definition) is 2. The van der Waals surface area contributed by atoms with Crippen molar-refractivity contribution in [1.29, 1.82) is 0 Å². The number of hydrogen-bond acceptors (Lipinski definition) is 4. The highest BCUT2D eigenvalue weighted by molar-refractivity contribution is 7.83. The summed E-state index contributed by atoms with van der Waals surface area (Å²) in [5.41, 5.74) is 12.3. The van der Waals surface area contributed by atoms with Gasteiger partial charge in [-0.2, -0.15) is 0 Å². The van der Waals surface area contributed by atoms with Crippen LogP contribution in [0.25, 0.3) is 0 Å². The number of nitrogen functional groups attached to an aromatic ring is 2. The van der Waals surface area contributed by atoms with E-state index in [0.29, 0.717) is 17.1 Å². The Bertz CT molecular complexity index is 312. The number of ether oxygens (including phenoxy) is 1. The van der Waals surface area contributed by atoms with Crippen molar-refractivity contribution >= 4 is 22.2 Å². The smallest absolute Gasteiger partial charge is 0.143 e. The third-order valence-electron chi connectivity index (χ3n) is 1.26. The van der Waals surface area contributed by atoms with Crippen molar-refractivity contribution in [2.75, 3.05) is 31.1 Å². The highest BCUT2D eigenvalue weighted by Crippen LogP contribution is 2.22. The Morgan fingerprint density at radius 2 is 1.79 bits per heavy atom. The molecule has 0 heterocycles. The number of nitrogens with two attached hydrogens (primary N) is 2. The molecule has 80 valence electrons. The van der Waals surface area contributed by atoms with Crippen LogP contribution in [0.3, 0.4) is 0 Å². The zero-order valence-electron chi connectivity index (χ0n) is 8.61. The summed E-state index contributed by atoms with van der Waals surface area (Å²) in [6.45, 7) is 0. The van der Waals surface area contributed by atoms with E-state index in [9.17, 15) is 4.21 Å². The molecule has 0 unspecified atom stereocenters. The van der Waals surface area contributed by atoms with Crippen molar-refractivity contribution in [3.8, 4) is 5.75 Å². The van der Waals surface area contributed by atoms with Crippen LogP contribution in [0.2, 0.25) is 0 Å². The van der Waals surface area contributed by atoms with Crippen LogP contribution in [0.1, 0.15) is 0 Å². The summed E-state index contributed by atoms with van der Waals surface area (Å²) < 4.78 is 14.5. The van der Waals surface area contributed by atoms with Crippen molar-refractivity contribution in [3.05, 3.63) is 18.2 Å². The summed E-state index contributed by atoms with van der Waals surface area (Å²) in [7, 11) is 0.950. The van der Waals surface area contributed by atoms with Gasteiger partial charge in [-0.3, -0.25) is 4.21 Å². The maximum absolute atomic E-state index is 9.56. The Labute approximate surface area is 86.7 Å². The van der Waals surface area contributed by atoms with E-state index >= 15 is 0 Å². The zero-order valence-corrected chi connectivity index (χ0v) is 9.43. The van der Waals surface area contributed by atoms with E-state index in [4.69, 9.17) is 16.2 Å². The average molecular weight is 216 g/mol. The minimum atomic E-state index is -0.611. The Kier molecular flexibility index (Phi) is 5.71. The molecule has 0 amide bonds. The molecule has 0 aliphatic carbocycles. The summed E-state index contributed by atoms with van der Waals surface area (Å²) in [4.78, 5) is 0. The zero-order chi connectivity index (χ0) is 11.1. The second kappa shape index (κ2) is 6.26. The average Bonchev–Trinajstić information content (AvgIpc) is 2.08. The van der Waals surface area contributed by atoms with Crippen LogP contribution in [0.4, 0.5) is 11.4 Å². The van der Waals surface area contributed by atoms with Gasteiger partial charge in [-0.1, -0.05) is 0 Å². The molecule has 1 rings (SSSR count). The minimum Gasteiger partial charge on any atom is -0.495 e. The monoisotopic (exact) mass is 216 g/mol. The number of benzene rings is 1. The number of methoxy groups -OCH3 is 1. The topological polar surface area (TPSA) is 78.3 Å². The summed E-state index contributed by atoms with van der Waals surface area (Å²) >= 11 is 0. The summed E-state index contributed by atoms with van der Waals surface area (Å²) in [6, 6.07) is 5.14. The lowest BCUT2D eigenvalue weighted by atomic mass is 10.3. The van der Waals surface area contributed by atoms with Gasteiger partial charge >= 0.3 is 0 Å². The molecular formula is C9H16N2O2S. The Morgan fingerprint density at radius 3 is 2.14 bits per heavy atom. The first kappa shape index (κ1) is 12.8. The van der Waals surface area contributed by atoms with E-state index in [1.165, 1.54) is 0 Å². The molecule has 0 radical (unpaired) electrons. The van der Waals surface area contributed by atoms with Gasteiger partial charge in [0.1, 0.15) is 5.75 Å². The molecule has 5 heteroatoms. The van der Waals surface area contributed by atoms with Gasteiger partial charge in [0.2, 0.25) is 0 Å². The normalized spacial score (nSPS) is 9.14. The van der Waals surface area contributed by atoms with Crippen molar-refractivity contribution < 1.29 is 8.95 Å². The van der Waals surface area contributed by atoms with E-state index in [0.717, 1.165) is 0 Å². The largest absolute Gasteiger partial charge is 0.495 e. The van der Waals surface area contributed by atoms with Gasteiger partial charge in [0.05, 0.1) is 12.8 Å². The molecule has 1 aromatic rings. The van der Waals surface area contributed by atoms with Gasteiger partial charge < -0.3 is 16.2 Å². The molecule has 4 N–H and O–H groups in total. The van der Waals surface area contributed by atoms with Crippen LogP contribution in [0.5, 0.6) is 5.75 Å². The van der Waals surface area contributed by atoms with Gasteiger partial charge in [0, 0.05) is 35.1 Å². The lowest BCUT2D eigenvalue weighted by Crippen LogP contribution is -1.93. The minimum absolute atomic E-state index is 0.608. The molecule has 0 aliphatic rings.